The number of aromatic hydroxyl groups is 1. The molecule has 0 spiro atoms. The van der Waals surface area contributed by atoms with Crippen molar-refractivity contribution in [3.63, 3.8) is 0 Å². The largest absolute Gasteiger partial charge is 0.494 e. The standard InChI is InChI=1S/C18H20N4O3/c1-2-9-22-17(24)13(16(23)21-18(22)25)15-14-11(7-8-19-15)10-5-3-4-6-12(10)20-14/h3-6,15,19-20,24H,2,7-9H2,1H3,(H,21,23,25)/p+1/t15-/m0/s1. The first-order valence-electron chi connectivity index (χ1n) is 8.60. The Morgan fingerprint density at radius 3 is 2.88 bits per heavy atom. The van der Waals surface area contributed by atoms with E-state index in [1.54, 1.807) is 0 Å². The summed E-state index contributed by atoms with van der Waals surface area (Å²) in [6.07, 6.45) is 1.58. The zero-order chi connectivity index (χ0) is 17.6. The fourth-order valence-corrected chi connectivity index (χ4v) is 3.82. The molecule has 7 heteroatoms. The summed E-state index contributed by atoms with van der Waals surface area (Å²) in [6, 6.07) is 7.68. The maximum Gasteiger partial charge on any atom is 0.331 e. The average Bonchev–Trinajstić information content (AvgIpc) is 2.98. The molecule has 1 aromatic carbocycles. The summed E-state index contributed by atoms with van der Waals surface area (Å²) >= 11 is 0. The third kappa shape index (κ3) is 2.39. The van der Waals surface area contributed by atoms with Gasteiger partial charge in [-0.25, -0.2) is 4.79 Å². The van der Waals surface area contributed by atoms with Crippen molar-refractivity contribution in [2.75, 3.05) is 6.54 Å². The predicted molar refractivity (Wildman–Crippen MR) is 93.9 cm³/mol. The van der Waals surface area contributed by atoms with E-state index in [-0.39, 0.29) is 17.5 Å². The van der Waals surface area contributed by atoms with Crippen molar-refractivity contribution >= 4 is 10.9 Å². The van der Waals surface area contributed by atoms with Crippen molar-refractivity contribution < 1.29 is 10.4 Å². The van der Waals surface area contributed by atoms with Crippen LogP contribution in [0.15, 0.2) is 33.9 Å². The highest BCUT2D eigenvalue weighted by molar-refractivity contribution is 5.85. The van der Waals surface area contributed by atoms with Crippen LogP contribution in [0, 0.1) is 0 Å². The maximum atomic E-state index is 12.5. The summed E-state index contributed by atoms with van der Waals surface area (Å²) in [7, 11) is 0. The van der Waals surface area contributed by atoms with Crippen molar-refractivity contribution in [1.29, 1.82) is 0 Å². The minimum Gasteiger partial charge on any atom is -0.494 e. The van der Waals surface area contributed by atoms with Gasteiger partial charge in [0.05, 0.1) is 12.2 Å². The van der Waals surface area contributed by atoms with Gasteiger partial charge in [0.2, 0.25) is 5.88 Å². The van der Waals surface area contributed by atoms with Crippen LogP contribution in [-0.4, -0.2) is 26.2 Å². The summed E-state index contributed by atoms with van der Waals surface area (Å²) in [5.74, 6) is -0.233. The number of nitrogens with one attached hydrogen (secondary N) is 2. The van der Waals surface area contributed by atoms with Gasteiger partial charge < -0.3 is 15.4 Å². The summed E-state index contributed by atoms with van der Waals surface area (Å²) in [5, 5.41) is 13.8. The average molecular weight is 341 g/mol. The van der Waals surface area contributed by atoms with E-state index in [9.17, 15) is 14.7 Å². The van der Waals surface area contributed by atoms with Crippen LogP contribution in [0.25, 0.3) is 10.9 Å². The van der Waals surface area contributed by atoms with Gasteiger partial charge in [0.15, 0.2) is 6.04 Å². The fourth-order valence-electron chi connectivity index (χ4n) is 3.82. The summed E-state index contributed by atoms with van der Waals surface area (Å²) < 4.78 is 1.24. The number of H-pyrrole nitrogens is 2. The molecule has 7 nitrogen and oxygen atoms in total. The van der Waals surface area contributed by atoms with Gasteiger partial charge in [-0.2, -0.15) is 0 Å². The van der Waals surface area contributed by atoms with E-state index >= 15 is 0 Å². The fraction of sp³-hybridized carbons (Fsp3) is 0.333. The van der Waals surface area contributed by atoms with E-state index in [0.717, 1.165) is 29.6 Å². The minimum absolute atomic E-state index is 0.233. The van der Waals surface area contributed by atoms with Crippen LogP contribution < -0.4 is 16.6 Å². The zero-order valence-corrected chi connectivity index (χ0v) is 14.0. The molecule has 2 aromatic heterocycles. The number of hydrogen-bond acceptors (Lipinski definition) is 3. The monoisotopic (exact) mass is 341 g/mol. The van der Waals surface area contributed by atoms with E-state index in [4.69, 9.17) is 0 Å². The second-order valence-electron chi connectivity index (χ2n) is 6.46. The SMILES string of the molecule is CCCn1c(O)c([C@@H]2[NH2+]CCc3c2[nH]c2ccccc32)c(=O)[nH]c1=O. The molecule has 0 bridgehead atoms. The molecule has 25 heavy (non-hydrogen) atoms. The quantitative estimate of drug-likeness (QED) is 0.552. The maximum absolute atomic E-state index is 12.5. The molecule has 0 aliphatic carbocycles. The molecule has 1 aliphatic heterocycles. The number of aromatic amines is 2. The van der Waals surface area contributed by atoms with Gasteiger partial charge in [0.25, 0.3) is 5.56 Å². The molecule has 4 rings (SSSR count). The van der Waals surface area contributed by atoms with Gasteiger partial charge in [0, 0.05) is 23.9 Å². The lowest BCUT2D eigenvalue weighted by atomic mass is 9.95. The van der Waals surface area contributed by atoms with Gasteiger partial charge in [-0.1, -0.05) is 25.1 Å². The van der Waals surface area contributed by atoms with E-state index < -0.39 is 11.2 Å². The molecule has 1 atom stereocenters. The number of para-hydroxylation sites is 1. The van der Waals surface area contributed by atoms with E-state index in [1.807, 2.05) is 30.4 Å². The lowest BCUT2D eigenvalue weighted by Crippen LogP contribution is -2.87. The molecule has 5 N–H and O–H groups in total. The molecule has 0 saturated carbocycles. The first kappa shape index (κ1) is 15.7. The number of hydrogen-bond donors (Lipinski definition) is 4. The van der Waals surface area contributed by atoms with Gasteiger partial charge >= 0.3 is 5.69 Å². The second-order valence-corrected chi connectivity index (χ2v) is 6.46. The Hall–Kier alpha value is -2.80. The first-order valence-corrected chi connectivity index (χ1v) is 8.60. The number of benzene rings is 1. The van der Waals surface area contributed by atoms with Gasteiger partial charge in [-0.15, -0.1) is 0 Å². The van der Waals surface area contributed by atoms with E-state index in [2.05, 4.69) is 16.0 Å². The molecule has 3 aromatic rings. The summed E-state index contributed by atoms with van der Waals surface area (Å²) in [6.45, 7) is 3.09. The Labute approximate surface area is 143 Å². The number of aromatic nitrogens is 3. The van der Waals surface area contributed by atoms with Crippen LogP contribution in [0.3, 0.4) is 0 Å². The van der Waals surface area contributed by atoms with Gasteiger partial charge in [-0.3, -0.25) is 14.3 Å². The normalized spacial score (nSPS) is 16.9. The number of nitrogens with zero attached hydrogens (tertiary/aromatic N) is 1. The first-order chi connectivity index (χ1) is 12.1. The van der Waals surface area contributed by atoms with Crippen LogP contribution in [0.4, 0.5) is 0 Å². The molecular weight excluding hydrogens is 320 g/mol. The Morgan fingerprint density at radius 2 is 2.08 bits per heavy atom. The van der Waals surface area contributed by atoms with Crippen molar-refractivity contribution in [1.82, 2.24) is 14.5 Å². The molecule has 1 aliphatic rings. The zero-order valence-electron chi connectivity index (χ0n) is 14.0. The number of nitrogens with two attached hydrogens (primary N) is 1. The highest BCUT2D eigenvalue weighted by atomic mass is 16.3. The lowest BCUT2D eigenvalue weighted by molar-refractivity contribution is -0.690. The van der Waals surface area contributed by atoms with E-state index in [1.165, 1.54) is 10.1 Å². The van der Waals surface area contributed by atoms with Crippen LogP contribution in [0.5, 0.6) is 5.88 Å². The van der Waals surface area contributed by atoms with Crippen molar-refractivity contribution in [2.24, 2.45) is 0 Å². The number of quaternary nitrogens is 1. The number of fused-ring (bicyclic) bond motifs is 3. The van der Waals surface area contributed by atoms with Crippen LogP contribution in [0.1, 0.15) is 36.2 Å². The van der Waals surface area contributed by atoms with Crippen molar-refractivity contribution in [3.05, 3.63) is 61.9 Å². The van der Waals surface area contributed by atoms with Crippen LogP contribution in [-0.2, 0) is 13.0 Å². The molecule has 3 heterocycles. The van der Waals surface area contributed by atoms with E-state index in [0.29, 0.717) is 13.0 Å². The second kappa shape index (κ2) is 5.93. The predicted octanol–water partition coefficient (Wildman–Crippen LogP) is 0.342. The van der Waals surface area contributed by atoms with Crippen LogP contribution >= 0.6 is 0 Å². The lowest BCUT2D eigenvalue weighted by Gasteiger charge is -2.22. The molecule has 130 valence electrons. The summed E-state index contributed by atoms with van der Waals surface area (Å²) in [5.41, 5.74) is 2.26. The van der Waals surface area contributed by atoms with Crippen LogP contribution in [0.2, 0.25) is 0 Å². The third-order valence-corrected chi connectivity index (χ3v) is 4.92. The Balaban J connectivity index is 1.95. The molecule has 0 radical (unpaired) electrons. The minimum atomic E-state index is -0.569. The Morgan fingerprint density at radius 1 is 1.28 bits per heavy atom. The Bertz CT molecular complexity index is 1060. The van der Waals surface area contributed by atoms with Gasteiger partial charge in [-0.05, 0) is 18.1 Å². The molecule has 0 saturated heterocycles. The molecule has 0 fully saturated rings. The smallest absolute Gasteiger partial charge is 0.331 e. The Kier molecular flexibility index (Phi) is 3.73. The van der Waals surface area contributed by atoms with Crippen molar-refractivity contribution in [3.8, 4) is 5.88 Å². The molecule has 0 amide bonds. The van der Waals surface area contributed by atoms with Gasteiger partial charge in [0.1, 0.15) is 5.56 Å². The molecule has 0 unspecified atom stereocenters. The summed E-state index contributed by atoms with van der Waals surface area (Å²) in [4.78, 5) is 30.2. The third-order valence-electron chi connectivity index (χ3n) is 4.92. The molecular formula is C18H21N4O3+. The topological polar surface area (TPSA) is 107 Å². The highest BCUT2D eigenvalue weighted by Gasteiger charge is 2.34. The number of rotatable bonds is 3. The highest BCUT2D eigenvalue weighted by Crippen LogP contribution is 2.31. The van der Waals surface area contributed by atoms with Crippen molar-refractivity contribution in [2.45, 2.75) is 32.4 Å².